The zero-order chi connectivity index (χ0) is 22.0. The molecule has 31 heavy (non-hydrogen) atoms. The quantitative estimate of drug-likeness (QED) is 0.585. The maximum atomic E-state index is 13.3. The fourth-order valence-corrected chi connectivity index (χ4v) is 5.66. The average Bonchev–Trinajstić information content (AvgIpc) is 3.13. The van der Waals surface area contributed by atoms with Gasteiger partial charge in [0.15, 0.2) is 0 Å². The second-order valence-electron chi connectivity index (χ2n) is 8.17. The summed E-state index contributed by atoms with van der Waals surface area (Å²) in [5.74, 6) is -2.92. The molecule has 162 valence electrons. The maximum Gasteiger partial charge on any atom is 0.307 e. The Morgan fingerprint density at radius 1 is 1.00 bits per heavy atom. The Kier molecular flexibility index (Phi) is 6.23. The van der Waals surface area contributed by atoms with Crippen molar-refractivity contribution >= 4 is 39.8 Å². The van der Waals surface area contributed by atoms with Crippen LogP contribution in [0.4, 0.5) is 10.7 Å². The first-order chi connectivity index (χ1) is 15.0. The van der Waals surface area contributed by atoms with Crippen molar-refractivity contribution in [2.75, 3.05) is 10.6 Å². The third kappa shape index (κ3) is 4.42. The number of nitrogens with one attached hydrogen (secondary N) is 2. The molecule has 0 bridgehead atoms. The Balaban J connectivity index is 1.63. The number of para-hydroxylation sites is 1. The molecule has 1 heterocycles. The van der Waals surface area contributed by atoms with Crippen LogP contribution >= 0.6 is 11.3 Å². The number of carbonyl (C=O) groups excluding carboxylic acids is 2. The van der Waals surface area contributed by atoms with E-state index in [1.54, 1.807) is 0 Å². The number of benzene rings is 1. The Bertz CT molecular complexity index is 1060. The first-order valence-corrected chi connectivity index (χ1v) is 11.5. The van der Waals surface area contributed by atoms with Crippen LogP contribution in [0.2, 0.25) is 0 Å². The molecule has 6 nitrogen and oxygen atoms in total. The van der Waals surface area contributed by atoms with Crippen molar-refractivity contribution < 1.29 is 19.5 Å². The molecule has 0 fully saturated rings. The molecule has 1 aromatic carbocycles. The first kappa shape index (κ1) is 21.3. The van der Waals surface area contributed by atoms with E-state index in [4.69, 9.17) is 0 Å². The SMILES string of the molecule is Cc1ccccc1NC(=O)c1c(NC(=O)[C@H]2CC=CC[C@@H]2C(=O)O)sc2c1CCCC2. The molecule has 2 atom stereocenters. The standard InChI is InChI=1S/C24H26N2O4S/c1-14-8-2-6-12-18(14)25-22(28)20-17-11-5-7-13-19(17)31-23(20)26-21(27)15-9-3-4-10-16(15)24(29)30/h2-4,6,8,12,15-16H,5,7,9-11,13H2,1H3,(H,25,28)(H,26,27)(H,29,30)/t15-,16-/m0/s1. The third-order valence-electron chi connectivity index (χ3n) is 6.11. The number of aryl methyl sites for hydroxylation is 2. The van der Waals surface area contributed by atoms with Crippen molar-refractivity contribution in [2.45, 2.75) is 45.4 Å². The number of amides is 2. The third-order valence-corrected chi connectivity index (χ3v) is 7.32. The van der Waals surface area contributed by atoms with E-state index in [9.17, 15) is 19.5 Å². The van der Waals surface area contributed by atoms with Crippen LogP contribution < -0.4 is 10.6 Å². The fourth-order valence-electron chi connectivity index (χ4n) is 4.37. The summed E-state index contributed by atoms with van der Waals surface area (Å²) in [5, 5.41) is 16.0. The highest BCUT2D eigenvalue weighted by atomic mass is 32.1. The highest BCUT2D eigenvalue weighted by molar-refractivity contribution is 7.17. The van der Waals surface area contributed by atoms with Crippen LogP contribution in [0.5, 0.6) is 0 Å². The van der Waals surface area contributed by atoms with Crippen molar-refractivity contribution in [3.05, 3.63) is 58.0 Å². The number of carboxylic acid groups (broad SMARTS) is 1. The van der Waals surface area contributed by atoms with Gasteiger partial charge >= 0.3 is 5.97 Å². The predicted octanol–water partition coefficient (Wildman–Crippen LogP) is 4.79. The van der Waals surface area contributed by atoms with Crippen molar-refractivity contribution in [3.8, 4) is 0 Å². The number of allylic oxidation sites excluding steroid dienone is 2. The van der Waals surface area contributed by atoms with Gasteiger partial charge in [-0.15, -0.1) is 11.3 Å². The predicted molar refractivity (Wildman–Crippen MR) is 122 cm³/mol. The van der Waals surface area contributed by atoms with Crippen LogP contribution in [0.15, 0.2) is 36.4 Å². The van der Waals surface area contributed by atoms with Crippen LogP contribution in [0.1, 0.15) is 52.0 Å². The summed E-state index contributed by atoms with van der Waals surface area (Å²) in [4.78, 5) is 39.1. The molecule has 0 radical (unpaired) electrons. The number of hydrogen-bond acceptors (Lipinski definition) is 4. The van der Waals surface area contributed by atoms with Crippen molar-refractivity contribution in [1.29, 1.82) is 0 Å². The lowest BCUT2D eigenvalue weighted by atomic mass is 9.82. The summed E-state index contributed by atoms with van der Waals surface area (Å²) in [6.07, 6.45) is 8.17. The molecule has 0 unspecified atom stereocenters. The highest BCUT2D eigenvalue weighted by Crippen LogP contribution is 2.39. The second-order valence-corrected chi connectivity index (χ2v) is 9.27. The van der Waals surface area contributed by atoms with Crippen LogP contribution in [0, 0.1) is 18.8 Å². The van der Waals surface area contributed by atoms with Crippen LogP contribution in [0.3, 0.4) is 0 Å². The number of thiophene rings is 1. The van der Waals surface area contributed by atoms with Gasteiger partial charge in [-0.2, -0.15) is 0 Å². The van der Waals surface area contributed by atoms with Gasteiger partial charge in [0.05, 0.1) is 17.4 Å². The van der Waals surface area contributed by atoms with E-state index >= 15 is 0 Å². The molecule has 3 N–H and O–H groups in total. The summed E-state index contributed by atoms with van der Waals surface area (Å²) < 4.78 is 0. The Hall–Kier alpha value is -2.93. The molecule has 0 aliphatic heterocycles. The normalized spacial score (nSPS) is 20.0. The smallest absolute Gasteiger partial charge is 0.307 e. The summed E-state index contributed by atoms with van der Waals surface area (Å²) in [5.41, 5.74) is 3.23. The highest BCUT2D eigenvalue weighted by Gasteiger charge is 2.35. The van der Waals surface area contributed by atoms with E-state index in [0.717, 1.165) is 47.4 Å². The Labute approximate surface area is 185 Å². The molecule has 4 rings (SSSR count). The van der Waals surface area contributed by atoms with E-state index < -0.39 is 17.8 Å². The number of anilines is 2. The number of aliphatic carboxylic acids is 1. The maximum absolute atomic E-state index is 13.3. The molecule has 0 saturated heterocycles. The van der Waals surface area contributed by atoms with Crippen LogP contribution in [0.25, 0.3) is 0 Å². The summed E-state index contributed by atoms with van der Waals surface area (Å²) in [6, 6.07) is 7.58. The lowest BCUT2D eigenvalue weighted by molar-refractivity contribution is -0.146. The molecular formula is C24H26N2O4S. The number of carbonyl (C=O) groups is 3. The Morgan fingerprint density at radius 2 is 1.71 bits per heavy atom. The topological polar surface area (TPSA) is 95.5 Å². The second kappa shape index (κ2) is 9.06. The number of hydrogen-bond donors (Lipinski definition) is 3. The van der Waals surface area contributed by atoms with Crippen LogP contribution in [-0.2, 0) is 22.4 Å². The van der Waals surface area contributed by atoms with E-state index in [1.807, 2.05) is 43.3 Å². The molecule has 7 heteroatoms. The van der Waals surface area contributed by atoms with Gasteiger partial charge < -0.3 is 15.7 Å². The minimum absolute atomic E-state index is 0.234. The Morgan fingerprint density at radius 3 is 2.45 bits per heavy atom. The average molecular weight is 439 g/mol. The summed E-state index contributed by atoms with van der Waals surface area (Å²) in [6.45, 7) is 1.93. The largest absolute Gasteiger partial charge is 0.481 e. The molecular weight excluding hydrogens is 412 g/mol. The molecule has 2 aliphatic rings. The summed E-state index contributed by atoms with van der Waals surface area (Å²) in [7, 11) is 0. The monoisotopic (exact) mass is 438 g/mol. The first-order valence-electron chi connectivity index (χ1n) is 10.7. The molecule has 2 aliphatic carbocycles. The summed E-state index contributed by atoms with van der Waals surface area (Å²) >= 11 is 1.45. The molecule has 1 aromatic heterocycles. The van der Waals surface area contributed by atoms with Crippen LogP contribution in [-0.4, -0.2) is 22.9 Å². The van der Waals surface area contributed by atoms with E-state index in [-0.39, 0.29) is 11.8 Å². The van der Waals surface area contributed by atoms with E-state index in [2.05, 4.69) is 10.6 Å². The van der Waals surface area contributed by atoms with Crippen molar-refractivity contribution in [3.63, 3.8) is 0 Å². The lowest BCUT2D eigenvalue weighted by Crippen LogP contribution is -2.35. The van der Waals surface area contributed by atoms with Gasteiger partial charge in [-0.05, 0) is 62.6 Å². The molecule has 0 saturated carbocycles. The lowest BCUT2D eigenvalue weighted by Gasteiger charge is -2.24. The van der Waals surface area contributed by atoms with Crippen molar-refractivity contribution in [1.82, 2.24) is 0 Å². The van der Waals surface area contributed by atoms with E-state index in [1.165, 1.54) is 11.3 Å². The van der Waals surface area contributed by atoms with Crippen molar-refractivity contribution in [2.24, 2.45) is 11.8 Å². The zero-order valence-electron chi connectivity index (χ0n) is 17.4. The van der Waals surface area contributed by atoms with Gasteiger partial charge in [0.25, 0.3) is 5.91 Å². The van der Waals surface area contributed by atoms with Gasteiger partial charge in [0.2, 0.25) is 5.91 Å². The van der Waals surface area contributed by atoms with E-state index in [0.29, 0.717) is 23.4 Å². The van der Waals surface area contributed by atoms with Gasteiger partial charge in [-0.3, -0.25) is 14.4 Å². The zero-order valence-corrected chi connectivity index (χ0v) is 18.3. The van der Waals surface area contributed by atoms with Gasteiger partial charge in [-0.25, -0.2) is 0 Å². The minimum Gasteiger partial charge on any atom is -0.481 e. The van der Waals surface area contributed by atoms with Gasteiger partial charge in [-0.1, -0.05) is 30.4 Å². The fraction of sp³-hybridized carbons (Fsp3) is 0.375. The molecule has 0 spiro atoms. The molecule has 2 aromatic rings. The molecule has 2 amide bonds. The number of fused-ring (bicyclic) bond motifs is 1. The van der Waals surface area contributed by atoms with Gasteiger partial charge in [0, 0.05) is 10.6 Å². The number of carboxylic acids is 1. The van der Waals surface area contributed by atoms with Gasteiger partial charge in [0.1, 0.15) is 5.00 Å². The minimum atomic E-state index is -0.965. The number of rotatable bonds is 5.